The molecule has 3 nitrogen and oxygen atoms in total. The van der Waals surface area contributed by atoms with Gasteiger partial charge in [-0.2, -0.15) is 0 Å². The number of fused-ring (bicyclic) bond motifs is 7. The fraction of sp³-hybridized carbons (Fsp3) is 0. The van der Waals surface area contributed by atoms with Gasteiger partial charge in [0.1, 0.15) is 0 Å². The third-order valence-electron chi connectivity index (χ3n) is 12.2. The Morgan fingerprint density at radius 1 is 0.311 bits per heavy atom. The molecule has 0 bridgehead atoms. The molecule has 0 unspecified atom stereocenters. The Hall–Kier alpha value is -8.14. The van der Waals surface area contributed by atoms with Crippen molar-refractivity contribution in [1.29, 1.82) is 0 Å². The monoisotopic (exact) mass is 775 g/mol. The lowest BCUT2D eigenvalue weighted by atomic mass is 9.89. The van der Waals surface area contributed by atoms with E-state index in [9.17, 15) is 0 Å². The van der Waals surface area contributed by atoms with Gasteiger partial charge < -0.3 is 4.57 Å². The van der Waals surface area contributed by atoms with Crippen molar-refractivity contribution in [2.75, 3.05) is 0 Å². The van der Waals surface area contributed by atoms with E-state index in [-0.39, 0.29) is 0 Å². The molecule has 61 heavy (non-hydrogen) atoms. The van der Waals surface area contributed by atoms with Crippen molar-refractivity contribution in [3.63, 3.8) is 0 Å². The maximum atomic E-state index is 5.38. The van der Waals surface area contributed by atoms with Crippen molar-refractivity contribution in [1.82, 2.24) is 14.5 Å². The van der Waals surface area contributed by atoms with Crippen molar-refractivity contribution >= 4 is 54.1 Å². The molecule has 3 heteroatoms. The number of para-hydroxylation sites is 2. The summed E-state index contributed by atoms with van der Waals surface area (Å²) < 4.78 is 2.36. The number of benzene rings is 10. The van der Waals surface area contributed by atoms with Gasteiger partial charge in [0.15, 0.2) is 5.82 Å². The van der Waals surface area contributed by atoms with Gasteiger partial charge in [-0.15, -0.1) is 0 Å². The number of aromatic nitrogens is 3. The van der Waals surface area contributed by atoms with Crippen LogP contribution in [-0.2, 0) is 0 Å². The Labute approximate surface area is 353 Å². The molecule has 2 aromatic heterocycles. The standard InChI is InChI=1S/C58H37N3/c1-3-14-38(15-4-1)39-26-32-43(33-27-39)58-59-52(37-53(60-58)49-23-13-25-55-57(49)50-22-11-12-24-54(50)61(55)45-18-5-2-6-19-45)41-28-30-42(31-29-41)56-47-21-10-8-17-44(47)36-51-46-20-9-7-16-40(46)34-35-48(51)56/h1-37H. The van der Waals surface area contributed by atoms with Gasteiger partial charge in [0.2, 0.25) is 0 Å². The number of hydrogen-bond acceptors (Lipinski definition) is 2. The summed E-state index contributed by atoms with van der Waals surface area (Å²) in [4.78, 5) is 10.7. The zero-order valence-electron chi connectivity index (χ0n) is 33.2. The van der Waals surface area contributed by atoms with E-state index in [0.29, 0.717) is 5.82 Å². The van der Waals surface area contributed by atoms with E-state index >= 15 is 0 Å². The minimum absolute atomic E-state index is 0.687. The number of hydrogen-bond donors (Lipinski definition) is 0. The van der Waals surface area contributed by atoms with Crippen LogP contribution in [0, 0.1) is 0 Å². The third-order valence-corrected chi connectivity index (χ3v) is 12.2. The van der Waals surface area contributed by atoms with Gasteiger partial charge in [0.25, 0.3) is 0 Å². The molecule has 0 aliphatic heterocycles. The van der Waals surface area contributed by atoms with Crippen LogP contribution in [0.1, 0.15) is 0 Å². The number of nitrogens with zero attached hydrogens (tertiary/aromatic N) is 3. The summed E-state index contributed by atoms with van der Waals surface area (Å²) in [6, 6.07) is 80.4. The molecular formula is C58H37N3. The Balaban J connectivity index is 1.05. The van der Waals surface area contributed by atoms with Crippen LogP contribution in [0.15, 0.2) is 224 Å². The van der Waals surface area contributed by atoms with Gasteiger partial charge in [-0.05, 0) is 91.0 Å². The maximum absolute atomic E-state index is 5.38. The zero-order valence-corrected chi connectivity index (χ0v) is 33.2. The van der Waals surface area contributed by atoms with E-state index in [2.05, 4.69) is 229 Å². The molecule has 12 aromatic rings. The Kier molecular flexibility index (Phi) is 8.17. The summed E-state index contributed by atoms with van der Waals surface area (Å²) in [6.07, 6.45) is 0. The zero-order chi connectivity index (χ0) is 40.3. The van der Waals surface area contributed by atoms with Crippen LogP contribution in [-0.4, -0.2) is 14.5 Å². The summed E-state index contributed by atoms with van der Waals surface area (Å²) in [6.45, 7) is 0. The first-order valence-electron chi connectivity index (χ1n) is 20.8. The van der Waals surface area contributed by atoms with Crippen LogP contribution in [0.4, 0.5) is 0 Å². The quantitative estimate of drug-likeness (QED) is 0.124. The second-order valence-corrected chi connectivity index (χ2v) is 15.7. The topological polar surface area (TPSA) is 30.7 Å². The fourth-order valence-corrected chi connectivity index (χ4v) is 9.33. The SMILES string of the molecule is c1ccc(-c2ccc(-c3nc(-c4ccc(-c5c6ccccc6cc6c5ccc5ccccc56)cc4)cc(-c4cccc5c4c4ccccc4n5-c4ccccc4)n3)cc2)cc1. The van der Waals surface area contributed by atoms with Gasteiger partial charge in [-0.3, -0.25) is 0 Å². The van der Waals surface area contributed by atoms with Gasteiger partial charge in [-0.1, -0.05) is 188 Å². The lowest BCUT2D eigenvalue weighted by Crippen LogP contribution is -1.97. The van der Waals surface area contributed by atoms with Crippen LogP contribution >= 0.6 is 0 Å². The highest BCUT2D eigenvalue weighted by Gasteiger charge is 2.19. The van der Waals surface area contributed by atoms with E-state index in [1.54, 1.807) is 0 Å². The summed E-state index contributed by atoms with van der Waals surface area (Å²) in [5.74, 6) is 0.687. The molecule has 284 valence electrons. The summed E-state index contributed by atoms with van der Waals surface area (Å²) in [5.41, 5.74) is 13.0. The van der Waals surface area contributed by atoms with Crippen LogP contribution in [0.3, 0.4) is 0 Å². The second-order valence-electron chi connectivity index (χ2n) is 15.7. The maximum Gasteiger partial charge on any atom is 0.160 e. The minimum atomic E-state index is 0.687. The predicted molar refractivity (Wildman–Crippen MR) is 256 cm³/mol. The van der Waals surface area contributed by atoms with Crippen molar-refractivity contribution in [2.45, 2.75) is 0 Å². The fourth-order valence-electron chi connectivity index (χ4n) is 9.33. The highest BCUT2D eigenvalue weighted by Crippen LogP contribution is 2.42. The smallest absolute Gasteiger partial charge is 0.160 e. The molecule has 0 saturated heterocycles. The third kappa shape index (κ3) is 5.90. The Morgan fingerprint density at radius 2 is 0.902 bits per heavy atom. The first kappa shape index (κ1) is 34.9. The summed E-state index contributed by atoms with van der Waals surface area (Å²) >= 11 is 0. The van der Waals surface area contributed by atoms with E-state index in [1.165, 1.54) is 59.8 Å². The molecule has 10 aromatic carbocycles. The normalized spacial score (nSPS) is 11.6. The Morgan fingerprint density at radius 3 is 1.70 bits per heavy atom. The molecule has 0 saturated carbocycles. The molecule has 0 aliphatic carbocycles. The predicted octanol–water partition coefficient (Wildman–Crippen LogP) is 15.4. The van der Waals surface area contributed by atoms with Gasteiger partial charge in [0, 0.05) is 33.2 Å². The molecule has 12 rings (SSSR count). The Bertz CT molecular complexity index is 3610. The first-order valence-corrected chi connectivity index (χ1v) is 20.8. The van der Waals surface area contributed by atoms with E-state index in [4.69, 9.17) is 9.97 Å². The van der Waals surface area contributed by atoms with E-state index < -0.39 is 0 Å². The molecule has 0 N–H and O–H groups in total. The van der Waals surface area contributed by atoms with Crippen molar-refractivity contribution in [3.8, 4) is 61.8 Å². The summed E-state index contributed by atoms with van der Waals surface area (Å²) in [5, 5.41) is 9.86. The minimum Gasteiger partial charge on any atom is -0.309 e. The van der Waals surface area contributed by atoms with Crippen molar-refractivity contribution < 1.29 is 0 Å². The molecule has 0 spiro atoms. The highest BCUT2D eigenvalue weighted by molar-refractivity contribution is 6.20. The molecule has 2 heterocycles. The molecule has 0 amide bonds. The van der Waals surface area contributed by atoms with Crippen molar-refractivity contribution in [2.24, 2.45) is 0 Å². The van der Waals surface area contributed by atoms with Crippen LogP contribution < -0.4 is 0 Å². The lowest BCUT2D eigenvalue weighted by molar-refractivity contribution is 1.18. The van der Waals surface area contributed by atoms with Crippen LogP contribution in [0.2, 0.25) is 0 Å². The van der Waals surface area contributed by atoms with E-state index in [0.717, 1.165) is 50.4 Å². The van der Waals surface area contributed by atoms with E-state index in [1.807, 2.05) is 0 Å². The molecule has 0 fully saturated rings. The average Bonchev–Trinajstić information content (AvgIpc) is 3.68. The molecular weight excluding hydrogens is 739 g/mol. The molecule has 0 aliphatic rings. The largest absolute Gasteiger partial charge is 0.309 e. The highest BCUT2D eigenvalue weighted by atomic mass is 15.0. The van der Waals surface area contributed by atoms with Crippen molar-refractivity contribution in [3.05, 3.63) is 224 Å². The lowest BCUT2D eigenvalue weighted by Gasteiger charge is -2.15. The molecule has 0 radical (unpaired) electrons. The molecule has 0 atom stereocenters. The van der Waals surface area contributed by atoms with Crippen LogP contribution in [0.5, 0.6) is 0 Å². The van der Waals surface area contributed by atoms with Gasteiger partial charge in [0.05, 0.1) is 22.4 Å². The average molecular weight is 776 g/mol. The van der Waals surface area contributed by atoms with Gasteiger partial charge in [-0.25, -0.2) is 9.97 Å². The first-order chi connectivity index (χ1) is 30.2. The summed E-state index contributed by atoms with van der Waals surface area (Å²) in [7, 11) is 0. The van der Waals surface area contributed by atoms with Gasteiger partial charge >= 0.3 is 0 Å². The number of rotatable bonds is 6. The second kappa shape index (κ2) is 14.3. The van der Waals surface area contributed by atoms with Crippen LogP contribution in [0.25, 0.3) is 116 Å².